The average molecular weight is 449 g/mol. The molecule has 174 valence electrons. The third kappa shape index (κ3) is 4.26. The van der Waals surface area contributed by atoms with Crippen LogP contribution in [0.1, 0.15) is 12.5 Å². The molecule has 0 spiro atoms. The van der Waals surface area contributed by atoms with Crippen molar-refractivity contribution in [2.75, 3.05) is 68.6 Å². The van der Waals surface area contributed by atoms with E-state index in [0.29, 0.717) is 12.6 Å². The molecule has 0 bridgehead atoms. The van der Waals surface area contributed by atoms with E-state index < -0.39 is 0 Å². The number of hydrogen-bond acceptors (Lipinski definition) is 8. The number of benzene rings is 1. The highest BCUT2D eigenvalue weighted by Gasteiger charge is 2.42. The second-order valence-electron chi connectivity index (χ2n) is 9.32. The number of aromatic nitrogens is 4. The number of hydrogen-bond donors (Lipinski definition) is 1. The Kier molecular flexibility index (Phi) is 5.67. The fraction of sp³-hybridized carbons (Fsp3) is 0.458. The van der Waals surface area contributed by atoms with Gasteiger partial charge in [-0.3, -0.25) is 4.68 Å². The lowest BCUT2D eigenvalue weighted by Gasteiger charge is -2.34. The Morgan fingerprint density at radius 2 is 1.82 bits per heavy atom. The maximum atomic E-state index is 5.54. The monoisotopic (exact) mass is 448 g/mol. The van der Waals surface area contributed by atoms with Gasteiger partial charge < -0.3 is 24.8 Å². The van der Waals surface area contributed by atoms with Crippen molar-refractivity contribution in [2.24, 2.45) is 7.05 Å². The van der Waals surface area contributed by atoms with Crippen LogP contribution in [0.25, 0.3) is 0 Å². The van der Waals surface area contributed by atoms with Crippen LogP contribution in [-0.4, -0.2) is 78.1 Å². The zero-order chi connectivity index (χ0) is 23.0. The van der Waals surface area contributed by atoms with Gasteiger partial charge in [-0.05, 0) is 31.3 Å². The van der Waals surface area contributed by atoms with Gasteiger partial charge in [-0.15, -0.1) is 0 Å². The maximum absolute atomic E-state index is 5.54. The van der Waals surface area contributed by atoms with Gasteiger partial charge in [-0.25, -0.2) is 4.98 Å². The first-order valence-electron chi connectivity index (χ1n) is 11.4. The Bertz CT molecular complexity index is 1110. The number of methoxy groups -OCH3 is 1. The minimum Gasteiger partial charge on any atom is -0.384 e. The van der Waals surface area contributed by atoms with E-state index >= 15 is 0 Å². The van der Waals surface area contributed by atoms with Gasteiger partial charge in [-0.1, -0.05) is 6.92 Å². The molecule has 1 saturated heterocycles. The number of fused-ring (bicyclic) bond motifs is 1. The molecule has 1 N–H and O–H groups in total. The van der Waals surface area contributed by atoms with Crippen molar-refractivity contribution in [3.63, 3.8) is 0 Å². The lowest BCUT2D eigenvalue weighted by molar-refractivity contribution is 0.145. The number of ether oxygens (including phenoxy) is 1. The summed E-state index contributed by atoms with van der Waals surface area (Å²) in [5.41, 5.74) is 3.09. The number of nitrogens with one attached hydrogen (secondary N) is 1. The summed E-state index contributed by atoms with van der Waals surface area (Å²) in [6, 6.07) is 10.5. The molecule has 3 aromatic rings. The summed E-state index contributed by atoms with van der Waals surface area (Å²) < 4.78 is 7.35. The van der Waals surface area contributed by atoms with E-state index in [1.807, 2.05) is 30.2 Å². The van der Waals surface area contributed by atoms with Gasteiger partial charge in [0.1, 0.15) is 5.82 Å². The number of anilines is 5. The molecular formula is C24H32N8O. The van der Waals surface area contributed by atoms with Crippen LogP contribution in [0.3, 0.4) is 0 Å². The molecule has 1 aromatic carbocycles. The Morgan fingerprint density at radius 1 is 1.06 bits per heavy atom. The predicted octanol–water partition coefficient (Wildman–Crippen LogP) is 2.76. The summed E-state index contributed by atoms with van der Waals surface area (Å²) >= 11 is 0. The van der Waals surface area contributed by atoms with Crippen molar-refractivity contribution in [1.82, 2.24) is 24.6 Å². The summed E-state index contributed by atoms with van der Waals surface area (Å²) in [6.45, 7) is 7.82. The van der Waals surface area contributed by atoms with Gasteiger partial charge in [0.2, 0.25) is 5.95 Å². The zero-order valence-electron chi connectivity index (χ0n) is 19.8. The molecule has 5 rings (SSSR count). The lowest BCUT2D eigenvalue weighted by Crippen LogP contribution is -2.44. The summed E-state index contributed by atoms with van der Waals surface area (Å²) in [6.07, 6.45) is 3.87. The van der Waals surface area contributed by atoms with E-state index in [1.54, 1.807) is 7.11 Å². The quantitative estimate of drug-likeness (QED) is 0.617. The summed E-state index contributed by atoms with van der Waals surface area (Å²) in [5.74, 6) is 2.32. The molecule has 0 amide bonds. The summed E-state index contributed by atoms with van der Waals surface area (Å²) in [7, 11) is 5.83. The molecule has 2 aliphatic rings. The molecule has 1 fully saturated rings. The first-order chi connectivity index (χ1) is 15.9. The number of likely N-dealkylation sites (N-methyl/N-ethyl adjacent to an activating group) is 1. The molecule has 0 saturated carbocycles. The normalized spacial score (nSPS) is 20.8. The third-order valence-electron chi connectivity index (χ3n) is 6.61. The van der Waals surface area contributed by atoms with E-state index in [0.717, 1.165) is 55.6 Å². The van der Waals surface area contributed by atoms with Crippen molar-refractivity contribution in [2.45, 2.75) is 12.3 Å². The molecule has 2 aliphatic heterocycles. The number of piperazine rings is 1. The first kappa shape index (κ1) is 21.7. The van der Waals surface area contributed by atoms with Crippen molar-refractivity contribution >= 4 is 29.0 Å². The van der Waals surface area contributed by atoms with Crippen molar-refractivity contribution in [3.8, 4) is 0 Å². The second kappa shape index (κ2) is 8.64. The second-order valence-corrected chi connectivity index (χ2v) is 9.32. The van der Waals surface area contributed by atoms with Crippen LogP contribution < -0.4 is 15.1 Å². The number of rotatable bonds is 6. The smallest absolute Gasteiger partial charge is 0.229 e. The highest BCUT2D eigenvalue weighted by molar-refractivity contribution is 5.69. The van der Waals surface area contributed by atoms with Crippen molar-refractivity contribution in [3.05, 3.63) is 48.3 Å². The van der Waals surface area contributed by atoms with Crippen molar-refractivity contribution in [1.29, 1.82) is 0 Å². The highest BCUT2D eigenvalue weighted by atomic mass is 16.5. The van der Waals surface area contributed by atoms with Crippen LogP contribution in [0, 0.1) is 0 Å². The van der Waals surface area contributed by atoms with Gasteiger partial charge in [0.15, 0.2) is 5.82 Å². The number of nitrogens with zero attached hydrogens (tertiary/aromatic N) is 7. The minimum absolute atomic E-state index is 0.204. The molecular weight excluding hydrogens is 416 g/mol. The maximum Gasteiger partial charge on any atom is 0.229 e. The van der Waals surface area contributed by atoms with Crippen molar-refractivity contribution < 1.29 is 4.74 Å². The van der Waals surface area contributed by atoms with Crippen LogP contribution in [-0.2, 0) is 17.2 Å². The Morgan fingerprint density at radius 3 is 2.48 bits per heavy atom. The molecule has 2 aromatic heterocycles. The Labute approximate surface area is 195 Å². The van der Waals surface area contributed by atoms with E-state index in [9.17, 15) is 0 Å². The topological polar surface area (TPSA) is 74.6 Å². The van der Waals surface area contributed by atoms with E-state index in [2.05, 4.69) is 68.3 Å². The highest BCUT2D eigenvalue weighted by Crippen LogP contribution is 2.43. The standard InChI is InChI=1S/C24H32N8O/c1-24(17-33-4)16-32(21-9-10-30(3)28-21)22-20(24)15-25-23(27-22)26-18-5-7-19(8-6-18)31-13-11-29(2)12-14-31/h5-10,15H,11-14,16-17H2,1-4H3,(H,25,26,27)/t24-/m1/s1. The Balaban J connectivity index is 1.38. The zero-order valence-corrected chi connectivity index (χ0v) is 19.8. The molecule has 0 radical (unpaired) electrons. The van der Waals surface area contributed by atoms with Crippen LogP contribution in [0.15, 0.2) is 42.7 Å². The van der Waals surface area contributed by atoms with Crippen LogP contribution in [0.2, 0.25) is 0 Å². The molecule has 0 aliphatic carbocycles. The lowest BCUT2D eigenvalue weighted by atomic mass is 9.87. The van der Waals surface area contributed by atoms with Gasteiger partial charge in [0, 0.05) is 87.7 Å². The summed E-state index contributed by atoms with van der Waals surface area (Å²) in [5, 5.41) is 7.98. The average Bonchev–Trinajstić information content (AvgIpc) is 3.36. The van der Waals surface area contributed by atoms with Gasteiger partial charge in [0.25, 0.3) is 0 Å². The van der Waals surface area contributed by atoms with E-state index in [-0.39, 0.29) is 5.41 Å². The van der Waals surface area contributed by atoms with Gasteiger partial charge in [0.05, 0.1) is 6.61 Å². The molecule has 0 unspecified atom stereocenters. The minimum atomic E-state index is -0.204. The fourth-order valence-corrected chi connectivity index (χ4v) is 4.70. The van der Waals surface area contributed by atoms with Crippen LogP contribution >= 0.6 is 0 Å². The predicted molar refractivity (Wildman–Crippen MR) is 131 cm³/mol. The van der Waals surface area contributed by atoms with E-state index in [1.165, 1.54) is 5.69 Å². The number of aryl methyl sites for hydroxylation is 1. The molecule has 9 nitrogen and oxygen atoms in total. The van der Waals surface area contributed by atoms with Crippen LogP contribution in [0.4, 0.5) is 29.0 Å². The molecule has 1 atom stereocenters. The molecule has 9 heteroatoms. The van der Waals surface area contributed by atoms with E-state index in [4.69, 9.17) is 9.72 Å². The first-order valence-corrected chi connectivity index (χ1v) is 11.4. The largest absolute Gasteiger partial charge is 0.384 e. The molecule has 33 heavy (non-hydrogen) atoms. The Hall–Kier alpha value is -3.17. The molecule has 4 heterocycles. The summed E-state index contributed by atoms with van der Waals surface area (Å²) in [4.78, 5) is 16.5. The SMILES string of the molecule is COC[C@@]1(C)CN(c2ccn(C)n2)c2nc(Nc3ccc(N4CCN(C)CC4)cc3)ncc21. The van der Waals surface area contributed by atoms with Gasteiger partial charge >= 0.3 is 0 Å². The third-order valence-corrected chi connectivity index (χ3v) is 6.61. The van der Waals surface area contributed by atoms with Gasteiger partial charge in [-0.2, -0.15) is 10.1 Å². The van der Waals surface area contributed by atoms with Crippen LogP contribution in [0.5, 0.6) is 0 Å². The fourth-order valence-electron chi connectivity index (χ4n) is 4.70.